The predicted octanol–water partition coefficient (Wildman–Crippen LogP) is 1.37. The average molecular weight is 154 g/mol. The van der Waals surface area contributed by atoms with Crippen LogP contribution in [0, 0.1) is 5.92 Å². The van der Waals surface area contributed by atoms with Crippen LogP contribution in [0.25, 0.3) is 0 Å². The summed E-state index contributed by atoms with van der Waals surface area (Å²) in [7, 11) is 0. The van der Waals surface area contributed by atoms with Gasteiger partial charge in [-0.1, -0.05) is 12.2 Å². The van der Waals surface area contributed by atoms with Gasteiger partial charge in [-0.15, -0.1) is 0 Å². The van der Waals surface area contributed by atoms with E-state index < -0.39 is 0 Å². The van der Waals surface area contributed by atoms with E-state index in [-0.39, 0.29) is 0 Å². The van der Waals surface area contributed by atoms with Gasteiger partial charge in [0, 0.05) is 12.5 Å². The van der Waals surface area contributed by atoms with E-state index in [0.29, 0.717) is 12.0 Å². The van der Waals surface area contributed by atoms with Crippen LogP contribution in [0.3, 0.4) is 0 Å². The highest BCUT2D eigenvalue weighted by Crippen LogP contribution is 2.22. The van der Waals surface area contributed by atoms with E-state index in [1.165, 1.54) is 12.8 Å². The largest absolute Gasteiger partial charge is 0.381 e. The van der Waals surface area contributed by atoms with Crippen LogP contribution in [0.1, 0.15) is 12.8 Å². The Bertz CT molecular complexity index is 148. The fourth-order valence-corrected chi connectivity index (χ4v) is 1.73. The molecule has 2 rings (SSSR count). The molecule has 1 fully saturated rings. The first kappa shape index (κ1) is 7.32. The standard InChI is InChI=1S/C9H14O2/c1-3-8(7-10-5-1)9-4-2-6-11-9/h2,4,8-9H,1,3,5-7H2. The maximum absolute atomic E-state index is 5.50. The van der Waals surface area contributed by atoms with Crippen molar-refractivity contribution in [3.05, 3.63) is 12.2 Å². The van der Waals surface area contributed by atoms with Gasteiger partial charge in [0.25, 0.3) is 0 Å². The zero-order valence-electron chi connectivity index (χ0n) is 6.66. The Hall–Kier alpha value is -0.340. The van der Waals surface area contributed by atoms with Gasteiger partial charge in [0.2, 0.25) is 0 Å². The van der Waals surface area contributed by atoms with Gasteiger partial charge >= 0.3 is 0 Å². The monoisotopic (exact) mass is 154 g/mol. The second kappa shape index (κ2) is 3.37. The molecule has 0 aromatic heterocycles. The van der Waals surface area contributed by atoms with Gasteiger partial charge in [-0.2, -0.15) is 0 Å². The van der Waals surface area contributed by atoms with Crippen LogP contribution in [0.5, 0.6) is 0 Å². The molecule has 0 radical (unpaired) electrons. The quantitative estimate of drug-likeness (QED) is 0.531. The Morgan fingerprint density at radius 3 is 3.00 bits per heavy atom. The average Bonchev–Trinajstić information content (AvgIpc) is 2.58. The van der Waals surface area contributed by atoms with Crippen LogP contribution in [0.15, 0.2) is 12.2 Å². The first-order valence-corrected chi connectivity index (χ1v) is 4.33. The van der Waals surface area contributed by atoms with Crippen molar-refractivity contribution in [2.45, 2.75) is 18.9 Å². The summed E-state index contributed by atoms with van der Waals surface area (Å²) < 4.78 is 10.9. The third kappa shape index (κ3) is 1.63. The zero-order chi connectivity index (χ0) is 7.52. The molecule has 2 heteroatoms. The van der Waals surface area contributed by atoms with Crippen LogP contribution in [-0.4, -0.2) is 25.9 Å². The third-order valence-electron chi connectivity index (χ3n) is 2.37. The normalized spacial score (nSPS) is 37.8. The molecule has 2 nitrogen and oxygen atoms in total. The van der Waals surface area contributed by atoms with Gasteiger partial charge in [0.05, 0.1) is 19.3 Å². The molecule has 0 aromatic rings. The summed E-state index contributed by atoms with van der Waals surface area (Å²) in [4.78, 5) is 0. The maximum Gasteiger partial charge on any atom is 0.0811 e. The number of ether oxygens (including phenoxy) is 2. The smallest absolute Gasteiger partial charge is 0.0811 e. The lowest BCUT2D eigenvalue weighted by Crippen LogP contribution is -2.28. The second-order valence-electron chi connectivity index (χ2n) is 3.20. The molecular weight excluding hydrogens is 140 g/mol. The molecule has 2 heterocycles. The minimum atomic E-state index is 0.343. The Morgan fingerprint density at radius 2 is 2.36 bits per heavy atom. The lowest BCUT2D eigenvalue weighted by molar-refractivity contribution is -0.0106. The summed E-state index contributed by atoms with van der Waals surface area (Å²) in [5.74, 6) is 0.613. The lowest BCUT2D eigenvalue weighted by atomic mass is 9.96. The highest BCUT2D eigenvalue weighted by molar-refractivity contribution is 4.99. The molecule has 62 valence electrons. The van der Waals surface area contributed by atoms with E-state index in [0.717, 1.165) is 19.8 Å². The van der Waals surface area contributed by atoms with Gasteiger partial charge in [-0.3, -0.25) is 0 Å². The fourth-order valence-electron chi connectivity index (χ4n) is 1.73. The summed E-state index contributed by atoms with van der Waals surface area (Å²) in [5, 5.41) is 0. The molecule has 0 amide bonds. The van der Waals surface area contributed by atoms with Crippen molar-refractivity contribution in [2.75, 3.05) is 19.8 Å². The van der Waals surface area contributed by atoms with Crippen LogP contribution in [0.2, 0.25) is 0 Å². The SMILES string of the molecule is C1=CC(C2CCCOC2)OC1. The van der Waals surface area contributed by atoms with Crippen LogP contribution >= 0.6 is 0 Å². The Balaban J connectivity index is 1.87. The highest BCUT2D eigenvalue weighted by Gasteiger charge is 2.24. The van der Waals surface area contributed by atoms with E-state index in [1.807, 2.05) is 0 Å². The number of hydrogen-bond acceptors (Lipinski definition) is 2. The van der Waals surface area contributed by atoms with Crippen molar-refractivity contribution < 1.29 is 9.47 Å². The second-order valence-corrected chi connectivity index (χ2v) is 3.20. The van der Waals surface area contributed by atoms with Gasteiger partial charge < -0.3 is 9.47 Å². The Morgan fingerprint density at radius 1 is 1.36 bits per heavy atom. The van der Waals surface area contributed by atoms with Crippen molar-refractivity contribution in [1.29, 1.82) is 0 Å². The first-order chi connectivity index (χ1) is 5.47. The molecule has 2 aliphatic heterocycles. The van der Waals surface area contributed by atoms with Gasteiger partial charge in [0.1, 0.15) is 0 Å². The minimum absolute atomic E-state index is 0.343. The fraction of sp³-hybridized carbons (Fsp3) is 0.778. The molecule has 2 atom stereocenters. The Kier molecular flexibility index (Phi) is 2.24. The topological polar surface area (TPSA) is 18.5 Å². The van der Waals surface area contributed by atoms with Gasteiger partial charge in [-0.05, 0) is 12.8 Å². The molecular formula is C9H14O2. The van der Waals surface area contributed by atoms with E-state index >= 15 is 0 Å². The van der Waals surface area contributed by atoms with E-state index in [2.05, 4.69) is 12.2 Å². The van der Waals surface area contributed by atoms with Crippen molar-refractivity contribution in [1.82, 2.24) is 0 Å². The first-order valence-electron chi connectivity index (χ1n) is 4.33. The van der Waals surface area contributed by atoms with E-state index in [4.69, 9.17) is 9.47 Å². The van der Waals surface area contributed by atoms with Crippen molar-refractivity contribution in [3.63, 3.8) is 0 Å². The molecule has 2 aliphatic rings. The summed E-state index contributed by atoms with van der Waals surface area (Å²) in [5.41, 5.74) is 0. The molecule has 1 saturated heterocycles. The van der Waals surface area contributed by atoms with Gasteiger partial charge in [0.15, 0.2) is 0 Å². The molecule has 0 aliphatic carbocycles. The van der Waals surface area contributed by atoms with E-state index in [1.54, 1.807) is 0 Å². The molecule has 0 bridgehead atoms. The predicted molar refractivity (Wildman–Crippen MR) is 42.4 cm³/mol. The summed E-state index contributed by atoms with van der Waals surface area (Å²) in [6.07, 6.45) is 7.06. The van der Waals surface area contributed by atoms with Crippen molar-refractivity contribution in [3.8, 4) is 0 Å². The van der Waals surface area contributed by atoms with Gasteiger partial charge in [-0.25, -0.2) is 0 Å². The summed E-state index contributed by atoms with van der Waals surface area (Å²) in [6.45, 7) is 2.61. The highest BCUT2D eigenvalue weighted by atomic mass is 16.5. The van der Waals surface area contributed by atoms with Crippen LogP contribution < -0.4 is 0 Å². The molecule has 0 saturated carbocycles. The minimum Gasteiger partial charge on any atom is -0.381 e. The van der Waals surface area contributed by atoms with E-state index in [9.17, 15) is 0 Å². The summed E-state index contributed by atoms with van der Waals surface area (Å²) in [6, 6.07) is 0. The number of rotatable bonds is 1. The van der Waals surface area contributed by atoms with Crippen molar-refractivity contribution >= 4 is 0 Å². The molecule has 0 spiro atoms. The third-order valence-corrected chi connectivity index (χ3v) is 2.37. The van der Waals surface area contributed by atoms with Crippen molar-refractivity contribution in [2.24, 2.45) is 5.92 Å². The molecule has 0 aromatic carbocycles. The van der Waals surface area contributed by atoms with Crippen LogP contribution in [0.4, 0.5) is 0 Å². The zero-order valence-corrected chi connectivity index (χ0v) is 6.66. The van der Waals surface area contributed by atoms with Crippen LogP contribution in [-0.2, 0) is 9.47 Å². The maximum atomic E-state index is 5.50. The Labute approximate surface area is 67.2 Å². The number of hydrogen-bond donors (Lipinski definition) is 0. The summed E-state index contributed by atoms with van der Waals surface area (Å²) >= 11 is 0. The molecule has 11 heavy (non-hydrogen) atoms. The molecule has 2 unspecified atom stereocenters. The molecule has 0 N–H and O–H groups in total. The lowest BCUT2D eigenvalue weighted by Gasteiger charge is -2.25.